The van der Waals surface area contributed by atoms with Crippen LogP contribution in [0.15, 0.2) is 18.2 Å². The molecule has 0 aromatic heterocycles. The minimum atomic E-state index is -0.595. The van der Waals surface area contributed by atoms with Crippen molar-refractivity contribution in [2.45, 2.75) is 45.6 Å². The van der Waals surface area contributed by atoms with Crippen molar-refractivity contribution in [3.63, 3.8) is 0 Å². The molecule has 1 aliphatic carbocycles. The number of nitrogens with one attached hydrogen (secondary N) is 1. The fraction of sp³-hybridized carbons (Fsp3) is 0.609. The van der Waals surface area contributed by atoms with Gasteiger partial charge in [-0.25, -0.2) is 0 Å². The summed E-state index contributed by atoms with van der Waals surface area (Å²) in [5, 5.41) is 3.00. The van der Waals surface area contributed by atoms with Gasteiger partial charge in [0.2, 0.25) is 5.91 Å². The molecule has 1 saturated carbocycles. The number of nitrogens with zero attached hydrogens (tertiary/aromatic N) is 1. The first-order valence-electron chi connectivity index (χ1n) is 11.1. The van der Waals surface area contributed by atoms with Gasteiger partial charge in [0.15, 0.2) is 18.1 Å². The number of esters is 1. The Morgan fingerprint density at radius 3 is 2.74 bits per heavy atom. The van der Waals surface area contributed by atoms with Gasteiger partial charge in [0.1, 0.15) is 13.2 Å². The van der Waals surface area contributed by atoms with E-state index in [2.05, 4.69) is 19.2 Å². The van der Waals surface area contributed by atoms with E-state index in [9.17, 15) is 14.4 Å². The molecule has 1 saturated heterocycles. The van der Waals surface area contributed by atoms with Crippen LogP contribution >= 0.6 is 0 Å². The number of anilines is 1. The molecule has 2 fully saturated rings. The molecule has 0 bridgehead atoms. The lowest BCUT2D eigenvalue weighted by Gasteiger charge is -2.34. The second kappa shape index (κ2) is 9.16. The quantitative estimate of drug-likeness (QED) is 0.721. The van der Waals surface area contributed by atoms with Crippen LogP contribution in [-0.2, 0) is 19.1 Å². The van der Waals surface area contributed by atoms with E-state index in [1.807, 2.05) is 0 Å². The molecule has 1 N–H and O–H groups in total. The fourth-order valence-corrected chi connectivity index (χ4v) is 4.60. The van der Waals surface area contributed by atoms with Gasteiger partial charge in [-0.3, -0.25) is 14.4 Å². The van der Waals surface area contributed by atoms with Gasteiger partial charge < -0.3 is 24.4 Å². The molecule has 2 aliphatic heterocycles. The third-order valence-electron chi connectivity index (χ3n) is 6.69. The maximum atomic E-state index is 12.5. The fourth-order valence-electron chi connectivity index (χ4n) is 4.60. The summed E-state index contributed by atoms with van der Waals surface area (Å²) in [4.78, 5) is 38.8. The summed E-state index contributed by atoms with van der Waals surface area (Å²) in [5.74, 6) is 0.644. The number of amides is 2. The third-order valence-corrected chi connectivity index (χ3v) is 6.69. The molecular formula is C23H30N2O6. The van der Waals surface area contributed by atoms with Crippen molar-refractivity contribution in [1.82, 2.24) is 5.32 Å². The molecule has 0 radical (unpaired) electrons. The zero-order chi connectivity index (χ0) is 22.0. The van der Waals surface area contributed by atoms with Gasteiger partial charge in [0.25, 0.3) is 5.91 Å². The standard InChI is InChI=1S/C23H30N2O6/c1-14-4-3-5-18(15(14)2)24-21(26)13-31-23(28)16-10-22(27)25(12-16)17-6-7-19-20(11-17)30-9-8-29-19/h6-7,11,14-16,18H,3-5,8-10,12-13H2,1-2H3,(H,24,26)/t14-,15-,16-,18+/m1/s1. The predicted molar refractivity (Wildman–Crippen MR) is 113 cm³/mol. The number of fused-ring (bicyclic) bond motifs is 1. The van der Waals surface area contributed by atoms with Crippen molar-refractivity contribution in [3.05, 3.63) is 18.2 Å². The number of carbonyl (C=O) groups excluding carboxylic acids is 3. The molecule has 4 rings (SSSR count). The molecule has 168 valence electrons. The lowest BCUT2D eigenvalue weighted by molar-refractivity contribution is -0.152. The summed E-state index contributed by atoms with van der Waals surface area (Å²) < 4.78 is 16.3. The van der Waals surface area contributed by atoms with Crippen LogP contribution in [0.2, 0.25) is 0 Å². The van der Waals surface area contributed by atoms with Crippen LogP contribution in [0.1, 0.15) is 39.5 Å². The maximum Gasteiger partial charge on any atom is 0.311 e. The molecule has 2 heterocycles. The molecule has 3 aliphatic rings. The molecule has 1 aromatic rings. The summed E-state index contributed by atoms with van der Waals surface area (Å²) in [7, 11) is 0. The minimum Gasteiger partial charge on any atom is -0.486 e. The second-order valence-electron chi connectivity index (χ2n) is 8.78. The first kappa shape index (κ1) is 21.5. The van der Waals surface area contributed by atoms with E-state index >= 15 is 0 Å². The topological polar surface area (TPSA) is 94.2 Å². The number of rotatable bonds is 5. The van der Waals surface area contributed by atoms with Crippen LogP contribution in [0.5, 0.6) is 11.5 Å². The summed E-state index contributed by atoms with van der Waals surface area (Å²) in [6.45, 7) is 5.21. The van der Waals surface area contributed by atoms with E-state index in [1.54, 1.807) is 23.1 Å². The molecule has 1 aromatic carbocycles. The van der Waals surface area contributed by atoms with Crippen molar-refractivity contribution in [3.8, 4) is 11.5 Å². The van der Waals surface area contributed by atoms with Gasteiger partial charge in [-0.1, -0.05) is 26.7 Å². The normalized spacial score (nSPS) is 27.7. The van der Waals surface area contributed by atoms with Gasteiger partial charge in [-0.2, -0.15) is 0 Å². The Kier molecular flexibility index (Phi) is 6.34. The first-order valence-corrected chi connectivity index (χ1v) is 11.1. The number of hydrogen-bond acceptors (Lipinski definition) is 6. The zero-order valence-electron chi connectivity index (χ0n) is 18.1. The average Bonchev–Trinajstić information content (AvgIpc) is 3.16. The second-order valence-corrected chi connectivity index (χ2v) is 8.78. The van der Waals surface area contributed by atoms with Gasteiger partial charge in [0.05, 0.1) is 5.92 Å². The first-order chi connectivity index (χ1) is 14.9. The Morgan fingerprint density at radius 2 is 1.94 bits per heavy atom. The Balaban J connectivity index is 1.29. The molecule has 8 nitrogen and oxygen atoms in total. The summed E-state index contributed by atoms with van der Waals surface area (Å²) in [5.41, 5.74) is 0.655. The highest BCUT2D eigenvalue weighted by atomic mass is 16.6. The van der Waals surface area contributed by atoms with Gasteiger partial charge in [0, 0.05) is 30.8 Å². The Morgan fingerprint density at radius 1 is 1.16 bits per heavy atom. The average molecular weight is 431 g/mol. The van der Waals surface area contributed by atoms with Gasteiger partial charge in [-0.15, -0.1) is 0 Å². The highest BCUT2D eigenvalue weighted by Crippen LogP contribution is 2.36. The van der Waals surface area contributed by atoms with E-state index in [4.69, 9.17) is 14.2 Å². The maximum absolute atomic E-state index is 12.5. The van der Waals surface area contributed by atoms with E-state index in [0.29, 0.717) is 42.2 Å². The summed E-state index contributed by atoms with van der Waals surface area (Å²) in [6, 6.07) is 5.41. The number of ether oxygens (including phenoxy) is 3. The Hall–Kier alpha value is -2.77. The minimum absolute atomic E-state index is 0.0616. The molecule has 8 heteroatoms. The van der Waals surface area contributed by atoms with Crippen LogP contribution < -0.4 is 19.7 Å². The van der Waals surface area contributed by atoms with E-state index < -0.39 is 11.9 Å². The van der Waals surface area contributed by atoms with Crippen LogP contribution in [0, 0.1) is 17.8 Å². The molecular weight excluding hydrogens is 400 g/mol. The summed E-state index contributed by atoms with van der Waals surface area (Å²) >= 11 is 0. The lowest BCUT2D eigenvalue weighted by atomic mass is 9.78. The van der Waals surface area contributed by atoms with Gasteiger partial charge in [-0.05, 0) is 30.4 Å². The monoisotopic (exact) mass is 430 g/mol. The van der Waals surface area contributed by atoms with Crippen LogP contribution in [0.3, 0.4) is 0 Å². The number of hydrogen-bond donors (Lipinski definition) is 1. The summed E-state index contributed by atoms with van der Waals surface area (Å²) in [6.07, 6.45) is 3.28. The Bertz CT molecular complexity index is 856. The van der Waals surface area contributed by atoms with Crippen molar-refractivity contribution < 1.29 is 28.6 Å². The van der Waals surface area contributed by atoms with Crippen molar-refractivity contribution in [2.75, 3.05) is 31.3 Å². The van der Waals surface area contributed by atoms with Gasteiger partial charge >= 0.3 is 5.97 Å². The predicted octanol–water partition coefficient (Wildman–Crippen LogP) is 2.29. The van der Waals surface area contributed by atoms with Crippen molar-refractivity contribution in [1.29, 1.82) is 0 Å². The molecule has 0 spiro atoms. The smallest absolute Gasteiger partial charge is 0.311 e. The number of benzene rings is 1. The third kappa shape index (κ3) is 4.78. The number of carbonyl (C=O) groups is 3. The Labute approximate surface area is 182 Å². The van der Waals surface area contributed by atoms with E-state index in [1.165, 1.54) is 6.42 Å². The van der Waals surface area contributed by atoms with E-state index in [0.717, 1.165) is 12.8 Å². The largest absolute Gasteiger partial charge is 0.486 e. The molecule has 31 heavy (non-hydrogen) atoms. The van der Waals surface area contributed by atoms with E-state index in [-0.39, 0.29) is 37.4 Å². The van der Waals surface area contributed by atoms with Crippen LogP contribution in [0.25, 0.3) is 0 Å². The molecule has 0 unspecified atom stereocenters. The van der Waals surface area contributed by atoms with Crippen molar-refractivity contribution in [2.24, 2.45) is 17.8 Å². The van der Waals surface area contributed by atoms with Crippen LogP contribution in [-0.4, -0.2) is 50.2 Å². The SMILES string of the molecule is C[C@@H]1[C@H](C)CCC[C@@H]1NC(=O)COC(=O)[C@@H]1CC(=O)N(c2ccc3c(c2)OCCO3)C1. The lowest BCUT2D eigenvalue weighted by Crippen LogP contribution is -2.45. The highest BCUT2D eigenvalue weighted by Gasteiger charge is 2.37. The zero-order valence-corrected chi connectivity index (χ0v) is 18.1. The molecule has 4 atom stereocenters. The van der Waals surface area contributed by atoms with Crippen LogP contribution in [0.4, 0.5) is 5.69 Å². The molecule has 2 amide bonds. The van der Waals surface area contributed by atoms with Crippen molar-refractivity contribution >= 4 is 23.5 Å². The highest BCUT2D eigenvalue weighted by molar-refractivity contribution is 5.99.